The van der Waals surface area contributed by atoms with Crippen LogP contribution in [0.2, 0.25) is 0 Å². The van der Waals surface area contributed by atoms with Crippen LogP contribution in [0.3, 0.4) is 0 Å². The number of hydrogen-bond donors (Lipinski definition) is 1. The molecule has 2 aromatic rings. The van der Waals surface area contributed by atoms with Gasteiger partial charge in [0.2, 0.25) is 0 Å². The maximum Gasteiger partial charge on any atom is 0.308 e. The van der Waals surface area contributed by atoms with Crippen LogP contribution in [-0.2, 0) is 4.79 Å². The number of aliphatic carboxylic acids is 1. The molecule has 120 valence electrons. The van der Waals surface area contributed by atoms with Crippen LogP contribution in [-0.4, -0.2) is 34.5 Å². The third-order valence-corrected chi connectivity index (χ3v) is 5.01. The maximum atomic E-state index is 13.1. The number of fused-ring (bicyclic) bond motifs is 1. The summed E-state index contributed by atoms with van der Waals surface area (Å²) in [5.41, 5.74) is 0.618. The first kappa shape index (κ1) is 16.0. The van der Waals surface area contributed by atoms with Gasteiger partial charge < -0.3 is 10.0 Å². The van der Waals surface area contributed by atoms with Crippen LogP contribution in [0.5, 0.6) is 0 Å². The molecule has 5 heteroatoms. The molecule has 1 aliphatic rings. The Labute approximate surface area is 143 Å². The summed E-state index contributed by atoms with van der Waals surface area (Å²) in [7, 11) is 0. The molecule has 2 aromatic carbocycles. The summed E-state index contributed by atoms with van der Waals surface area (Å²) in [5, 5.41) is 11.1. The van der Waals surface area contributed by atoms with Gasteiger partial charge in [-0.25, -0.2) is 0 Å². The molecule has 1 N–H and O–H groups in total. The van der Waals surface area contributed by atoms with E-state index in [2.05, 4.69) is 15.9 Å². The molecule has 2 unspecified atom stereocenters. The number of benzene rings is 2. The lowest BCUT2D eigenvalue weighted by Gasteiger charge is -2.36. The fourth-order valence-corrected chi connectivity index (χ4v) is 3.67. The summed E-state index contributed by atoms with van der Waals surface area (Å²) in [5.74, 6) is -1.40. The quantitative estimate of drug-likeness (QED) is 0.864. The van der Waals surface area contributed by atoms with E-state index in [1.54, 1.807) is 4.90 Å². The molecule has 23 heavy (non-hydrogen) atoms. The van der Waals surface area contributed by atoms with Gasteiger partial charge >= 0.3 is 5.97 Å². The highest BCUT2D eigenvalue weighted by molar-refractivity contribution is 9.10. The highest BCUT2D eigenvalue weighted by atomic mass is 79.9. The molecule has 0 spiro atoms. The lowest BCUT2D eigenvalue weighted by Crippen LogP contribution is -2.47. The second-order valence-electron chi connectivity index (χ2n) is 6.09. The standard InChI is InChI=1S/C18H18BrNO3/c1-11-6-7-13(18(22)23)10-20(11)17(21)16-9-14(19)8-12-4-2-3-5-15(12)16/h2-5,8-9,11,13H,6-7,10H2,1H3,(H,22,23). The normalized spacial score (nSPS) is 21.4. The zero-order valence-electron chi connectivity index (χ0n) is 12.8. The molecule has 1 amide bonds. The largest absolute Gasteiger partial charge is 0.481 e. The van der Waals surface area contributed by atoms with Crippen molar-refractivity contribution >= 4 is 38.6 Å². The summed E-state index contributed by atoms with van der Waals surface area (Å²) < 4.78 is 0.846. The van der Waals surface area contributed by atoms with Gasteiger partial charge in [-0.1, -0.05) is 40.2 Å². The van der Waals surface area contributed by atoms with E-state index in [-0.39, 0.29) is 18.5 Å². The van der Waals surface area contributed by atoms with Gasteiger partial charge in [-0.3, -0.25) is 9.59 Å². The number of halogens is 1. The van der Waals surface area contributed by atoms with E-state index in [4.69, 9.17) is 0 Å². The maximum absolute atomic E-state index is 13.1. The number of carboxylic acids is 1. The van der Waals surface area contributed by atoms with E-state index in [1.807, 2.05) is 43.3 Å². The summed E-state index contributed by atoms with van der Waals surface area (Å²) in [6, 6.07) is 11.6. The van der Waals surface area contributed by atoms with Gasteiger partial charge in [0.1, 0.15) is 0 Å². The number of nitrogens with zero attached hydrogens (tertiary/aromatic N) is 1. The van der Waals surface area contributed by atoms with E-state index in [1.165, 1.54) is 0 Å². The Balaban J connectivity index is 2.01. The van der Waals surface area contributed by atoms with Crippen molar-refractivity contribution in [2.24, 2.45) is 5.92 Å². The zero-order chi connectivity index (χ0) is 16.6. The van der Waals surface area contributed by atoms with Crippen molar-refractivity contribution in [2.75, 3.05) is 6.54 Å². The van der Waals surface area contributed by atoms with Crippen LogP contribution in [0, 0.1) is 5.92 Å². The monoisotopic (exact) mass is 375 g/mol. The highest BCUT2D eigenvalue weighted by Crippen LogP contribution is 2.29. The fourth-order valence-electron chi connectivity index (χ4n) is 3.20. The van der Waals surface area contributed by atoms with Crippen LogP contribution in [0.4, 0.5) is 0 Å². The molecule has 0 saturated carbocycles. The van der Waals surface area contributed by atoms with E-state index in [9.17, 15) is 14.7 Å². The molecule has 1 fully saturated rings. The molecular formula is C18H18BrNO3. The third-order valence-electron chi connectivity index (χ3n) is 4.55. The average Bonchev–Trinajstić information content (AvgIpc) is 2.53. The molecule has 1 heterocycles. The second-order valence-corrected chi connectivity index (χ2v) is 7.01. The lowest BCUT2D eigenvalue weighted by atomic mass is 9.92. The van der Waals surface area contributed by atoms with Crippen molar-refractivity contribution in [1.29, 1.82) is 0 Å². The summed E-state index contributed by atoms with van der Waals surface area (Å²) in [6.45, 7) is 2.26. The Kier molecular flexibility index (Phi) is 4.39. The zero-order valence-corrected chi connectivity index (χ0v) is 14.4. The molecular weight excluding hydrogens is 358 g/mol. The number of carbonyl (C=O) groups excluding carboxylic acids is 1. The Morgan fingerprint density at radius 3 is 2.70 bits per heavy atom. The van der Waals surface area contributed by atoms with Crippen LogP contribution >= 0.6 is 15.9 Å². The minimum atomic E-state index is -0.825. The molecule has 3 rings (SSSR count). The van der Waals surface area contributed by atoms with Crippen molar-refractivity contribution in [3.8, 4) is 0 Å². The second kappa shape index (κ2) is 6.32. The van der Waals surface area contributed by atoms with Crippen molar-refractivity contribution < 1.29 is 14.7 Å². The average molecular weight is 376 g/mol. The SMILES string of the molecule is CC1CCC(C(=O)O)CN1C(=O)c1cc(Br)cc2ccccc12. The van der Waals surface area contributed by atoms with Crippen LogP contribution in [0.1, 0.15) is 30.1 Å². The summed E-state index contributed by atoms with van der Waals surface area (Å²) in [6.07, 6.45) is 1.34. The highest BCUT2D eigenvalue weighted by Gasteiger charge is 2.33. The van der Waals surface area contributed by atoms with Crippen LogP contribution in [0.15, 0.2) is 40.9 Å². The Morgan fingerprint density at radius 1 is 1.22 bits per heavy atom. The van der Waals surface area contributed by atoms with Gasteiger partial charge in [-0.05, 0) is 42.7 Å². The van der Waals surface area contributed by atoms with E-state index < -0.39 is 11.9 Å². The number of carbonyl (C=O) groups is 2. The summed E-state index contributed by atoms with van der Waals surface area (Å²) >= 11 is 3.46. The van der Waals surface area contributed by atoms with Crippen molar-refractivity contribution in [1.82, 2.24) is 4.90 Å². The van der Waals surface area contributed by atoms with Gasteiger partial charge in [0.05, 0.1) is 5.92 Å². The van der Waals surface area contributed by atoms with Gasteiger partial charge in [-0.2, -0.15) is 0 Å². The molecule has 0 aromatic heterocycles. The Bertz CT molecular complexity index is 774. The van der Waals surface area contributed by atoms with E-state index in [0.717, 1.165) is 15.2 Å². The molecule has 1 aliphatic heterocycles. The number of carboxylic acid groups (broad SMARTS) is 1. The Morgan fingerprint density at radius 2 is 1.96 bits per heavy atom. The minimum Gasteiger partial charge on any atom is -0.481 e. The van der Waals surface area contributed by atoms with E-state index in [0.29, 0.717) is 18.4 Å². The predicted octanol–water partition coefficient (Wildman–Crippen LogP) is 3.93. The fraction of sp³-hybridized carbons (Fsp3) is 0.333. The van der Waals surface area contributed by atoms with Gasteiger partial charge in [-0.15, -0.1) is 0 Å². The van der Waals surface area contributed by atoms with Crippen LogP contribution < -0.4 is 0 Å². The molecule has 4 nitrogen and oxygen atoms in total. The van der Waals surface area contributed by atoms with Gasteiger partial charge in [0, 0.05) is 22.6 Å². The first-order valence-corrected chi connectivity index (χ1v) is 8.48. The predicted molar refractivity (Wildman–Crippen MR) is 92.5 cm³/mol. The number of piperidine rings is 1. The van der Waals surface area contributed by atoms with Gasteiger partial charge in [0.25, 0.3) is 5.91 Å². The van der Waals surface area contributed by atoms with Crippen LogP contribution in [0.25, 0.3) is 10.8 Å². The third kappa shape index (κ3) is 3.11. The molecule has 2 atom stereocenters. The topological polar surface area (TPSA) is 57.6 Å². The minimum absolute atomic E-state index is 0.0517. The Hall–Kier alpha value is -1.88. The summed E-state index contributed by atoms with van der Waals surface area (Å²) in [4.78, 5) is 26.0. The van der Waals surface area contributed by atoms with Crippen molar-refractivity contribution in [3.63, 3.8) is 0 Å². The number of amides is 1. The van der Waals surface area contributed by atoms with Gasteiger partial charge in [0.15, 0.2) is 0 Å². The van der Waals surface area contributed by atoms with Crippen molar-refractivity contribution in [2.45, 2.75) is 25.8 Å². The van der Waals surface area contributed by atoms with Crippen molar-refractivity contribution in [3.05, 3.63) is 46.4 Å². The number of rotatable bonds is 2. The smallest absolute Gasteiger partial charge is 0.308 e. The molecule has 0 bridgehead atoms. The number of hydrogen-bond acceptors (Lipinski definition) is 2. The molecule has 1 saturated heterocycles. The first-order chi connectivity index (χ1) is 11.0. The number of likely N-dealkylation sites (tertiary alicyclic amines) is 1. The first-order valence-electron chi connectivity index (χ1n) is 7.69. The molecule has 0 radical (unpaired) electrons. The lowest BCUT2D eigenvalue weighted by molar-refractivity contribution is -0.143. The molecule has 0 aliphatic carbocycles. The van der Waals surface area contributed by atoms with E-state index >= 15 is 0 Å².